The molecule has 0 radical (unpaired) electrons. The molecule has 29 heavy (non-hydrogen) atoms. The van der Waals surface area contributed by atoms with E-state index in [-0.39, 0.29) is 24.2 Å². The number of nitrogens with zero attached hydrogens (tertiary/aromatic N) is 3. The molecule has 0 amide bonds. The third kappa shape index (κ3) is 2.64. The largest absolute Gasteiger partial charge is 0.473 e. The van der Waals surface area contributed by atoms with Crippen LogP contribution >= 0.6 is 11.3 Å². The first-order valence-corrected chi connectivity index (χ1v) is 10.4. The number of anilines is 1. The van der Waals surface area contributed by atoms with Crippen LogP contribution in [0.1, 0.15) is 22.8 Å². The number of hydrogen-bond donors (Lipinski definition) is 0. The number of rotatable bonds is 3. The number of piperazine rings is 1. The van der Waals surface area contributed by atoms with Crippen molar-refractivity contribution in [3.63, 3.8) is 0 Å². The van der Waals surface area contributed by atoms with Crippen LogP contribution in [0.2, 0.25) is 0 Å². The number of carbonyl (C=O) groups excluding carboxylic acids is 1. The molecule has 1 fully saturated rings. The number of esters is 1. The molecule has 0 spiro atoms. The predicted octanol–water partition coefficient (Wildman–Crippen LogP) is 2.47. The van der Waals surface area contributed by atoms with Crippen molar-refractivity contribution in [1.82, 2.24) is 9.30 Å². The van der Waals surface area contributed by atoms with Gasteiger partial charge in [-0.05, 0) is 20.0 Å². The highest BCUT2D eigenvalue weighted by molar-refractivity contribution is 7.16. The fourth-order valence-electron chi connectivity index (χ4n) is 4.17. The maximum atomic E-state index is 15.3. The van der Waals surface area contributed by atoms with E-state index < -0.39 is 17.2 Å². The van der Waals surface area contributed by atoms with E-state index in [4.69, 9.17) is 9.47 Å². The molecule has 0 saturated carbocycles. The van der Waals surface area contributed by atoms with Gasteiger partial charge in [0.2, 0.25) is 11.3 Å². The molecule has 0 unspecified atom stereocenters. The van der Waals surface area contributed by atoms with Gasteiger partial charge >= 0.3 is 5.97 Å². The van der Waals surface area contributed by atoms with Crippen LogP contribution in [0.25, 0.3) is 15.7 Å². The fourth-order valence-corrected chi connectivity index (χ4v) is 5.14. The Balaban J connectivity index is 1.83. The zero-order valence-corrected chi connectivity index (χ0v) is 17.0. The highest BCUT2D eigenvalue weighted by Crippen LogP contribution is 2.40. The Morgan fingerprint density at radius 2 is 2.07 bits per heavy atom. The summed E-state index contributed by atoms with van der Waals surface area (Å²) in [5.41, 5.74) is 1.19. The van der Waals surface area contributed by atoms with Gasteiger partial charge < -0.3 is 19.3 Å². The molecule has 5 rings (SSSR count). The molecule has 1 aromatic carbocycles. The van der Waals surface area contributed by atoms with Gasteiger partial charge in [-0.1, -0.05) is 0 Å². The zero-order valence-electron chi connectivity index (χ0n) is 16.2. The standard InChI is InChI=1S/C20H20FN3O4S/c1-3-27-20(26)15-18(25)11-8-13(21)17(23-6-4-22(2)5-7-23)12-9-28-14-10-29-19(15)24(14)16(11)12/h8,10H,3-7,9H2,1-2H3. The lowest BCUT2D eigenvalue weighted by Crippen LogP contribution is -2.45. The second-order valence-corrected chi connectivity index (χ2v) is 8.16. The van der Waals surface area contributed by atoms with E-state index in [9.17, 15) is 9.59 Å². The number of hydrogen-bond acceptors (Lipinski definition) is 7. The summed E-state index contributed by atoms with van der Waals surface area (Å²) in [6.45, 7) is 5.07. The summed E-state index contributed by atoms with van der Waals surface area (Å²) in [5, 5.41) is 1.94. The van der Waals surface area contributed by atoms with E-state index in [1.54, 1.807) is 16.7 Å². The molecule has 0 N–H and O–H groups in total. The van der Waals surface area contributed by atoms with E-state index >= 15 is 4.39 Å². The summed E-state index contributed by atoms with van der Waals surface area (Å²) in [4.78, 5) is 30.4. The number of benzene rings is 1. The molecule has 7 nitrogen and oxygen atoms in total. The summed E-state index contributed by atoms with van der Waals surface area (Å²) < 4.78 is 28.0. The first kappa shape index (κ1) is 18.4. The van der Waals surface area contributed by atoms with Gasteiger partial charge in [-0.3, -0.25) is 9.20 Å². The van der Waals surface area contributed by atoms with E-state index in [0.717, 1.165) is 13.1 Å². The number of ether oxygens (including phenoxy) is 2. The van der Waals surface area contributed by atoms with Crippen molar-refractivity contribution in [2.45, 2.75) is 13.5 Å². The van der Waals surface area contributed by atoms with Crippen LogP contribution in [-0.4, -0.2) is 55.1 Å². The van der Waals surface area contributed by atoms with Crippen molar-refractivity contribution in [3.8, 4) is 5.88 Å². The molecule has 9 heteroatoms. The first-order chi connectivity index (χ1) is 14.0. The topological polar surface area (TPSA) is 63.5 Å². The molecule has 2 aromatic heterocycles. The monoisotopic (exact) mass is 417 g/mol. The van der Waals surface area contributed by atoms with Crippen LogP contribution in [0.15, 0.2) is 16.2 Å². The summed E-state index contributed by atoms with van der Waals surface area (Å²) in [5.74, 6) is -0.619. The Labute approximate surface area is 169 Å². The molecule has 152 valence electrons. The van der Waals surface area contributed by atoms with Crippen LogP contribution < -0.4 is 15.1 Å². The first-order valence-electron chi connectivity index (χ1n) is 9.56. The van der Waals surface area contributed by atoms with Crippen LogP contribution in [0.4, 0.5) is 10.1 Å². The maximum Gasteiger partial charge on any atom is 0.345 e. The smallest absolute Gasteiger partial charge is 0.345 e. The van der Waals surface area contributed by atoms with Crippen LogP contribution in [0.5, 0.6) is 5.88 Å². The third-order valence-electron chi connectivity index (χ3n) is 5.59. The molecule has 2 aliphatic heterocycles. The van der Waals surface area contributed by atoms with Crippen molar-refractivity contribution in [3.05, 3.63) is 38.6 Å². The molecule has 3 aromatic rings. The SMILES string of the molecule is CCOC(=O)c1c(=O)c2cc(F)c(N3CCN(C)CC3)c3c2n2c(csc12)OC3. The number of aromatic nitrogens is 1. The van der Waals surface area contributed by atoms with Gasteiger partial charge in [-0.2, -0.15) is 0 Å². The van der Waals surface area contributed by atoms with Gasteiger partial charge in [0.1, 0.15) is 22.8 Å². The normalized spacial score (nSPS) is 16.6. The number of halogens is 1. The Kier molecular flexibility index (Phi) is 4.25. The van der Waals surface area contributed by atoms with Crippen LogP contribution in [0.3, 0.4) is 0 Å². The van der Waals surface area contributed by atoms with E-state index in [1.807, 2.05) is 11.9 Å². The highest BCUT2D eigenvalue weighted by Gasteiger charge is 2.31. The van der Waals surface area contributed by atoms with E-state index in [0.29, 0.717) is 40.6 Å². The summed E-state index contributed by atoms with van der Waals surface area (Å²) >= 11 is 1.25. The highest BCUT2D eigenvalue weighted by atomic mass is 32.1. The second-order valence-electron chi connectivity index (χ2n) is 7.30. The van der Waals surface area contributed by atoms with E-state index in [1.165, 1.54) is 17.4 Å². The molecular weight excluding hydrogens is 397 g/mol. The Hall–Kier alpha value is -2.65. The number of pyridine rings is 1. The lowest BCUT2D eigenvalue weighted by atomic mass is 10.0. The minimum Gasteiger partial charge on any atom is -0.473 e. The van der Waals surface area contributed by atoms with Crippen LogP contribution in [0, 0.1) is 5.82 Å². The Bertz CT molecular complexity index is 1210. The molecule has 4 heterocycles. The Morgan fingerprint density at radius 1 is 1.31 bits per heavy atom. The van der Waals surface area contributed by atoms with E-state index in [2.05, 4.69) is 4.90 Å². The average Bonchev–Trinajstić information content (AvgIpc) is 3.12. The maximum absolute atomic E-state index is 15.3. The summed E-state index contributed by atoms with van der Waals surface area (Å²) in [6, 6.07) is 1.26. The molecule has 0 atom stereocenters. The van der Waals surface area contributed by atoms with Gasteiger partial charge in [-0.15, -0.1) is 11.3 Å². The van der Waals surface area contributed by atoms with Crippen molar-refractivity contribution >= 4 is 38.7 Å². The van der Waals surface area contributed by atoms with Crippen molar-refractivity contribution < 1.29 is 18.7 Å². The van der Waals surface area contributed by atoms with Crippen molar-refractivity contribution in [2.24, 2.45) is 0 Å². The van der Waals surface area contributed by atoms with Gasteiger partial charge in [0, 0.05) is 31.7 Å². The minimum atomic E-state index is -0.698. The molecular formula is C20H20FN3O4S. The molecule has 0 bridgehead atoms. The predicted molar refractivity (Wildman–Crippen MR) is 109 cm³/mol. The number of carbonyl (C=O) groups is 1. The molecule has 2 aliphatic rings. The lowest BCUT2D eigenvalue weighted by molar-refractivity contribution is 0.0527. The van der Waals surface area contributed by atoms with Gasteiger partial charge in [0.25, 0.3) is 0 Å². The molecule has 0 aliphatic carbocycles. The van der Waals surface area contributed by atoms with Gasteiger partial charge in [-0.25, -0.2) is 9.18 Å². The quantitative estimate of drug-likeness (QED) is 0.610. The Morgan fingerprint density at radius 3 is 2.79 bits per heavy atom. The third-order valence-corrected chi connectivity index (χ3v) is 6.52. The van der Waals surface area contributed by atoms with Crippen molar-refractivity contribution in [1.29, 1.82) is 0 Å². The zero-order chi connectivity index (χ0) is 20.3. The van der Waals surface area contributed by atoms with Crippen LogP contribution in [-0.2, 0) is 11.3 Å². The average molecular weight is 417 g/mol. The number of likely N-dealkylation sites (N-methyl/N-ethyl adjacent to an activating group) is 1. The summed E-state index contributed by atoms with van der Waals surface area (Å²) in [7, 11) is 2.04. The molecule has 1 saturated heterocycles. The van der Waals surface area contributed by atoms with Crippen molar-refractivity contribution in [2.75, 3.05) is 44.7 Å². The number of thiazole rings is 1. The summed E-state index contributed by atoms with van der Waals surface area (Å²) in [6.07, 6.45) is 0. The van der Waals surface area contributed by atoms with Gasteiger partial charge in [0.15, 0.2) is 0 Å². The lowest BCUT2D eigenvalue weighted by Gasteiger charge is -2.36. The fraction of sp³-hybridized carbons (Fsp3) is 0.400. The second kappa shape index (κ2) is 6.70. The minimum absolute atomic E-state index is 0.0706. The van der Waals surface area contributed by atoms with Gasteiger partial charge in [0.05, 0.1) is 28.6 Å².